The van der Waals surface area contributed by atoms with E-state index in [1.165, 1.54) is 21.1 Å². The molecule has 0 bridgehead atoms. The van der Waals surface area contributed by atoms with E-state index >= 15 is 0 Å². The highest BCUT2D eigenvalue weighted by atomic mass is 35.5. The summed E-state index contributed by atoms with van der Waals surface area (Å²) in [6.45, 7) is 2.81. The van der Waals surface area contributed by atoms with Crippen LogP contribution in [0.25, 0.3) is 0 Å². The molecule has 1 aromatic heterocycles. The largest absolute Gasteiger partial charge is 0.422 e. The average molecular weight is 383 g/mol. The van der Waals surface area contributed by atoms with E-state index in [9.17, 15) is 13.2 Å². The fraction of sp³-hybridized carbons (Fsp3) is 0.353. The lowest BCUT2D eigenvalue weighted by Crippen LogP contribution is -2.27. The van der Waals surface area contributed by atoms with Gasteiger partial charge in [-0.05, 0) is 49.6 Å². The third-order valence-corrected chi connectivity index (χ3v) is 6.33. The first-order chi connectivity index (χ1) is 11.8. The first-order valence-electron chi connectivity index (χ1n) is 7.94. The van der Waals surface area contributed by atoms with E-state index in [0.717, 1.165) is 18.4 Å². The van der Waals surface area contributed by atoms with Crippen LogP contribution in [0.5, 0.6) is 5.75 Å². The zero-order valence-corrected chi connectivity index (χ0v) is 15.6. The number of benzene rings is 1. The van der Waals surface area contributed by atoms with Crippen molar-refractivity contribution in [3.8, 4) is 5.75 Å². The van der Waals surface area contributed by atoms with Crippen molar-refractivity contribution in [2.75, 3.05) is 13.1 Å². The summed E-state index contributed by atoms with van der Waals surface area (Å²) < 4.78 is 33.5. The number of hydrogen-bond acceptors (Lipinski definition) is 4. The number of aryl methyl sites for hydroxylation is 2. The third kappa shape index (κ3) is 3.58. The van der Waals surface area contributed by atoms with Gasteiger partial charge in [-0.15, -0.1) is 0 Å². The highest BCUT2D eigenvalue weighted by molar-refractivity contribution is 7.89. The number of aromatic nitrogens is 1. The van der Waals surface area contributed by atoms with Crippen LogP contribution in [0.3, 0.4) is 0 Å². The number of nitrogens with zero attached hydrogens (tertiary/aromatic N) is 2. The van der Waals surface area contributed by atoms with Gasteiger partial charge in [0.2, 0.25) is 10.0 Å². The van der Waals surface area contributed by atoms with Gasteiger partial charge in [0.25, 0.3) is 0 Å². The molecule has 25 heavy (non-hydrogen) atoms. The molecular weight excluding hydrogens is 364 g/mol. The molecule has 0 radical (unpaired) electrons. The second-order valence-electron chi connectivity index (χ2n) is 6.08. The monoisotopic (exact) mass is 382 g/mol. The summed E-state index contributed by atoms with van der Waals surface area (Å²) >= 11 is 5.90. The molecule has 1 aliphatic rings. The Morgan fingerprint density at radius 3 is 2.52 bits per heavy atom. The van der Waals surface area contributed by atoms with E-state index < -0.39 is 16.0 Å². The summed E-state index contributed by atoms with van der Waals surface area (Å²) in [5.41, 5.74) is 0.895. The molecule has 6 nitrogen and oxygen atoms in total. The second kappa shape index (κ2) is 6.82. The van der Waals surface area contributed by atoms with Crippen LogP contribution in [-0.4, -0.2) is 36.3 Å². The fourth-order valence-electron chi connectivity index (χ4n) is 2.84. The van der Waals surface area contributed by atoms with E-state index in [2.05, 4.69) is 0 Å². The molecule has 1 aliphatic heterocycles. The zero-order chi connectivity index (χ0) is 18.2. The van der Waals surface area contributed by atoms with Crippen LogP contribution >= 0.6 is 11.6 Å². The Hall–Kier alpha value is -1.83. The number of carbonyl (C=O) groups is 1. The summed E-state index contributed by atoms with van der Waals surface area (Å²) in [6.07, 6.45) is 3.16. The van der Waals surface area contributed by atoms with Crippen LogP contribution < -0.4 is 4.74 Å². The Bertz CT molecular complexity index is 915. The number of hydrogen-bond donors (Lipinski definition) is 0. The Kier molecular flexibility index (Phi) is 4.90. The molecule has 2 aromatic rings. The molecule has 0 unspecified atom stereocenters. The Balaban J connectivity index is 1.85. The van der Waals surface area contributed by atoms with Crippen LogP contribution in [0.4, 0.5) is 0 Å². The molecule has 0 amide bonds. The minimum Gasteiger partial charge on any atom is -0.422 e. The molecule has 0 aliphatic carbocycles. The summed E-state index contributed by atoms with van der Waals surface area (Å²) in [4.78, 5) is 12.6. The van der Waals surface area contributed by atoms with E-state index in [0.29, 0.717) is 23.9 Å². The van der Waals surface area contributed by atoms with Gasteiger partial charge >= 0.3 is 5.97 Å². The summed E-state index contributed by atoms with van der Waals surface area (Å²) in [6, 6.07) is 6.30. The smallest absolute Gasteiger partial charge is 0.360 e. The quantitative estimate of drug-likeness (QED) is 0.602. The van der Waals surface area contributed by atoms with Gasteiger partial charge < -0.3 is 9.30 Å². The van der Waals surface area contributed by atoms with Crippen LogP contribution in [0.2, 0.25) is 5.02 Å². The predicted molar refractivity (Wildman–Crippen MR) is 94.6 cm³/mol. The number of carbonyl (C=O) groups excluding carboxylic acids is 1. The fourth-order valence-corrected chi connectivity index (χ4v) is 4.65. The van der Waals surface area contributed by atoms with Crippen molar-refractivity contribution in [2.24, 2.45) is 7.05 Å². The van der Waals surface area contributed by atoms with E-state index in [4.69, 9.17) is 16.3 Å². The van der Waals surface area contributed by atoms with Crippen molar-refractivity contribution >= 4 is 27.6 Å². The number of sulfonamides is 1. The van der Waals surface area contributed by atoms with Crippen molar-refractivity contribution in [3.05, 3.63) is 46.7 Å². The van der Waals surface area contributed by atoms with Crippen molar-refractivity contribution in [1.29, 1.82) is 0 Å². The minimum atomic E-state index is -3.57. The van der Waals surface area contributed by atoms with Gasteiger partial charge in [-0.25, -0.2) is 13.2 Å². The number of halogens is 1. The second-order valence-corrected chi connectivity index (χ2v) is 8.46. The maximum Gasteiger partial charge on any atom is 0.360 e. The van der Waals surface area contributed by atoms with E-state index in [1.54, 1.807) is 32.2 Å². The highest BCUT2D eigenvalue weighted by Crippen LogP contribution is 2.25. The molecular formula is C17H19ClN2O4S. The van der Waals surface area contributed by atoms with Crippen LogP contribution in [0, 0.1) is 6.92 Å². The minimum absolute atomic E-state index is 0.108. The highest BCUT2D eigenvalue weighted by Gasteiger charge is 2.29. The molecule has 0 N–H and O–H groups in total. The Labute approximate surface area is 152 Å². The van der Waals surface area contributed by atoms with Gasteiger partial charge in [-0.2, -0.15) is 4.31 Å². The third-order valence-electron chi connectivity index (χ3n) is 4.23. The molecule has 1 saturated heterocycles. The number of rotatable bonds is 4. The van der Waals surface area contributed by atoms with Crippen LogP contribution in [-0.2, 0) is 17.1 Å². The van der Waals surface area contributed by atoms with Crippen molar-refractivity contribution < 1.29 is 17.9 Å². The van der Waals surface area contributed by atoms with Gasteiger partial charge in [-0.3, -0.25) is 0 Å². The molecule has 134 valence electrons. The molecule has 1 fully saturated rings. The topological polar surface area (TPSA) is 68.6 Å². The lowest BCUT2D eigenvalue weighted by molar-refractivity contribution is 0.0723. The standard InChI is InChI=1S/C17H19ClN2O4S/c1-12-9-13(18)5-6-16(12)24-17(21)15-10-14(11-19(15)2)25(22,23)20-7-3-4-8-20/h5-6,9-11H,3-4,7-8H2,1-2H3. The average Bonchev–Trinajstić information content (AvgIpc) is 3.20. The van der Waals surface area contributed by atoms with E-state index in [-0.39, 0.29) is 10.6 Å². The Morgan fingerprint density at radius 2 is 1.88 bits per heavy atom. The van der Waals surface area contributed by atoms with Crippen molar-refractivity contribution in [2.45, 2.75) is 24.7 Å². The molecule has 2 heterocycles. The van der Waals surface area contributed by atoms with Gasteiger partial charge in [0.1, 0.15) is 16.3 Å². The number of esters is 1. The van der Waals surface area contributed by atoms with Crippen molar-refractivity contribution in [1.82, 2.24) is 8.87 Å². The first-order valence-corrected chi connectivity index (χ1v) is 9.75. The summed E-state index contributed by atoms with van der Waals surface area (Å²) in [7, 11) is -1.95. The van der Waals surface area contributed by atoms with Gasteiger partial charge in [-0.1, -0.05) is 11.6 Å². The summed E-state index contributed by atoms with van der Waals surface area (Å²) in [5.74, 6) is -0.227. The molecule has 0 spiro atoms. The maximum absolute atomic E-state index is 12.6. The SMILES string of the molecule is Cc1cc(Cl)ccc1OC(=O)c1cc(S(=O)(=O)N2CCCC2)cn1C. The van der Waals surface area contributed by atoms with Gasteiger partial charge in [0.05, 0.1) is 0 Å². The van der Waals surface area contributed by atoms with E-state index in [1.807, 2.05) is 0 Å². The van der Waals surface area contributed by atoms with Crippen LogP contribution in [0.1, 0.15) is 28.9 Å². The van der Waals surface area contributed by atoms with Crippen LogP contribution in [0.15, 0.2) is 35.4 Å². The molecule has 8 heteroatoms. The lowest BCUT2D eigenvalue weighted by Gasteiger charge is -2.13. The molecule has 3 rings (SSSR count). The zero-order valence-electron chi connectivity index (χ0n) is 14.0. The van der Waals surface area contributed by atoms with Gasteiger partial charge in [0, 0.05) is 31.4 Å². The van der Waals surface area contributed by atoms with Crippen molar-refractivity contribution in [3.63, 3.8) is 0 Å². The maximum atomic E-state index is 12.6. The molecule has 0 atom stereocenters. The van der Waals surface area contributed by atoms with Gasteiger partial charge in [0.15, 0.2) is 0 Å². The lowest BCUT2D eigenvalue weighted by atomic mass is 10.2. The number of ether oxygens (including phenoxy) is 1. The predicted octanol–water partition coefficient (Wildman–Crippen LogP) is 2.99. The Morgan fingerprint density at radius 1 is 1.20 bits per heavy atom. The summed E-state index contributed by atoms with van der Waals surface area (Å²) in [5, 5.41) is 0.551. The first kappa shape index (κ1) is 18.0. The molecule has 1 aromatic carbocycles. The molecule has 0 saturated carbocycles. The normalized spacial score (nSPS) is 15.5.